The fourth-order valence-corrected chi connectivity index (χ4v) is 3.97. The van der Waals surface area contributed by atoms with Gasteiger partial charge in [-0.2, -0.15) is 5.26 Å². The number of nitrogens with one attached hydrogen (secondary N) is 1. The highest BCUT2D eigenvalue weighted by molar-refractivity contribution is 5.70. The van der Waals surface area contributed by atoms with Gasteiger partial charge in [0.15, 0.2) is 0 Å². The van der Waals surface area contributed by atoms with Crippen molar-refractivity contribution in [3.63, 3.8) is 0 Å². The van der Waals surface area contributed by atoms with E-state index in [1.54, 1.807) is 0 Å². The zero-order chi connectivity index (χ0) is 20.1. The lowest BCUT2D eigenvalue weighted by molar-refractivity contribution is 0.268. The highest BCUT2D eigenvalue weighted by atomic mass is 15.2. The lowest BCUT2D eigenvalue weighted by Crippen LogP contribution is -2.37. The van der Waals surface area contributed by atoms with Crippen molar-refractivity contribution in [3.05, 3.63) is 70.9 Å². The molecule has 0 heterocycles. The van der Waals surface area contributed by atoms with Crippen LogP contribution in [-0.4, -0.2) is 31.1 Å². The van der Waals surface area contributed by atoms with Gasteiger partial charge >= 0.3 is 0 Å². The van der Waals surface area contributed by atoms with E-state index in [4.69, 9.17) is 0 Å². The molecule has 3 heteroatoms. The van der Waals surface area contributed by atoms with Crippen molar-refractivity contribution in [2.75, 3.05) is 14.1 Å². The number of nitrogens with zero attached hydrogens (tertiary/aromatic N) is 2. The van der Waals surface area contributed by atoms with Gasteiger partial charge in [-0.05, 0) is 68.0 Å². The summed E-state index contributed by atoms with van der Waals surface area (Å²) >= 11 is 0. The summed E-state index contributed by atoms with van der Waals surface area (Å²) in [4.78, 5) is 2.50. The van der Waals surface area contributed by atoms with E-state index in [1.807, 2.05) is 31.3 Å². The Morgan fingerprint density at radius 3 is 2.43 bits per heavy atom. The Balaban J connectivity index is 1.82. The maximum absolute atomic E-state index is 9.35. The largest absolute Gasteiger partial charge is 0.390 e. The summed E-state index contributed by atoms with van der Waals surface area (Å²) in [7, 11) is 4.29. The van der Waals surface area contributed by atoms with Crippen LogP contribution >= 0.6 is 0 Å². The lowest BCUT2D eigenvalue weighted by atomic mass is 9.95. The highest BCUT2D eigenvalue weighted by Gasteiger charge is 2.31. The first kappa shape index (κ1) is 20.2. The van der Waals surface area contributed by atoms with E-state index in [9.17, 15) is 5.26 Å². The zero-order valence-electron chi connectivity index (χ0n) is 17.5. The van der Waals surface area contributed by atoms with E-state index in [0.29, 0.717) is 6.04 Å². The van der Waals surface area contributed by atoms with Gasteiger partial charge in [-0.1, -0.05) is 49.4 Å². The summed E-state index contributed by atoms with van der Waals surface area (Å²) in [6, 6.07) is 19.9. The molecule has 0 radical (unpaired) electrons. The van der Waals surface area contributed by atoms with E-state index in [0.717, 1.165) is 35.6 Å². The monoisotopic (exact) mass is 373 g/mol. The van der Waals surface area contributed by atoms with E-state index >= 15 is 0 Å². The Morgan fingerprint density at radius 2 is 1.86 bits per heavy atom. The summed E-state index contributed by atoms with van der Waals surface area (Å²) in [5.41, 5.74) is 6.95. The Kier molecular flexibility index (Phi) is 6.54. The molecule has 0 bridgehead atoms. The molecule has 1 aliphatic rings. The number of benzene rings is 2. The zero-order valence-corrected chi connectivity index (χ0v) is 17.5. The molecule has 3 nitrogen and oxygen atoms in total. The number of hydrogen-bond acceptors (Lipinski definition) is 3. The van der Waals surface area contributed by atoms with Crippen LogP contribution in [0.2, 0.25) is 0 Å². The summed E-state index contributed by atoms with van der Waals surface area (Å²) in [5, 5.41) is 12.8. The molecule has 0 aliphatic heterocycles. The van der Waals surface area contributed by atoms with Gasteiger partial charge in [-0.15, -0.1) is 0 Å². The molecule has 0 spiro atoms. The van der Waals surface area contributed by atoms with E-state index in [2.05, 4.69) is 61.4 Å². The van der Waals surface area contributed by atoms with Gasteiger partial charge in [-0.3, -0.25) is 4.90 Å². The van der Waals surface area contributed by atoms with Crippen molar-refractivity contribution in [3.8, 4) is 17.2 Å². The number of allylic oxidation sites excluding steroid dienone is 1. The van der Waals surface area contributed by atoms with Gasteiger partial charge in [0.1, 0.15) is 0 Å². The normalized spacial score (nSPS) is 15.7. The molecular formula is C25H31N3. The van der Waals surface area contributed by atoms with E-state index in [1.165, 1.54) is 29.7 Å². The highest BCUT2D eigenvalue weighted by Crippen LogP contribution is 2.30. The molecule has 1 aliphatic carbocycles. The Labute approximate surface area is 169 Å². The third-order valence-corrected chi connectivity index (χ3v) is 5.96. The molecule has 0 aromatic heterocycles. The van der Waals surface area contributed by atoms with Crippen LogP contribution < -0.4 is 5.32 Å². The minimum atomic E-state index is 0.411. The standard InChI is InChI=1S/C25H31N3/c1-5-20(25(27-3)18(2)28(4)23-14-15-23)16-19-10-12-21(13-11-19)24-9-7-6-8-22(24)17-26/h6-13,18,23,27H,5,14-16H2,1-4H3/b25-20+. The minimum Gasteiger partial charge on any atom is -0.390 e. The molecule has 1 N–H and O–H groups in total. The predicted molar refractivity (Wildman–Crippen MR) is 117 cm³/mol. The molecule has 28 heavy (non-hydrogen) atoms. The molecule has 0 amide bonds. The third-order valence-electron chi connectivity index (χ3n) is 5.96. The first-order valence-corrected chi connectivity index (χ1v) is 10.3. The summed E-state index contributed by atoms with van der Waals surface area (Å²) < 4.78 is 0. The molecule has 0 saturated heterocycles. The van der Waals surface area contributed by atoms with E-state index < -0.39 is 0 Å². The summed E-state index contributed by atoms with van der Waals surface area (Å²) in [6.07, 6.45) is 4.64. The van der Waals surface area contributed by atoms with Gasteiger partial charge in [0.2, 0.25) is 0 Å². The maximum atomic E-state index is 9.35. The fourth-order valence-electron chi connectivity index (χ4n) is 3.97. The van der Waals surface area contributed by atoms with Crippen molar-refractivity contribution in [2.24, 2.45) is 0 Å². The SMILES string of the molecule is CC/C(Cc1ccc(-c2ccccc2C#N)cc1)=C(\NC)C(C)N(C)C1CC1. The smallest absolute Gasteiger partial charge is 0.0998 e. The van der Waals surface area contributed by atoms with Crippen LogP contribution in [0.25, 0.3) is 11.1 Å². The molecule has 1 atom stereocenters. The Hall–Kier alpha value is -2.57. The van der Waals surface area contributed by atoms with Crippen LogP contribution in [0.15, 0.2) is 59.8 Å². The molecular weight excluding hydrogens is 342 g/mol. The van der Waals surface area contributed by atoms with Crippen LogP contribution in [0.5, 0.6) is 0 Å². The summed E-state index contributed by atoms with van der Waals surface area (Å²) in [6.45, 7) is 4.55. The molecule has 2 aromatic carbocycles. The molecule has 1 saturated carbocycles. The maximum Gasteiger partial charge on any atom is 0.0998 e. The topological polar surface area (TPSA) is 39.1 Å². The average Bonchev–Trinajstić information content (AvgIpc) is 3.58. The molecule has 2 aromatic rings. The first-order chi connectivity index (χ1) is 13.6. The second kappa shape index (κ2) is 9.08. The minimum absolute atomic E-state index is 0.411. The van der Waals surface area contributed by atoms with Crippen molar-refractivity contribution in [1.82, 2.24) is 10.2 Å². The molecule has 3 rings (SSSR count). The average molecular weight is 374 g/mol. The van der Waals surface area contributed by atoms with Crippen LogP contribution in [0.1, 0.15) is 44.2 Å². The van der Waals surface area contributed by atoms with Crippen LogP contribution in [0.3, 0.4) is 0 Å². The predicted octanol–water partition coefficient (Wildman–Crippen LogP) is 5.13. The van der Waals surface area contributed by atoms with Gasteiger partial charge in [0, 0.05) is 24.8 Å². The second-order valence-electron chi connectivity index (χ2n) is 7.72. The van der Waals surface area contributed by atoms with Gasteiger partial charge in [-0.25, -0.2) is 0 Å². The molecule has 1 fully saturated rings. The fraction of sp³-hybridized carbons (Fsp3) is 0.400. The summed E-state index contributed by atoms with van der Waals surface area (Å²) in [5.74, 6) is 0. The number of likely N-dealkylation sites (N-methyl/N-ethyl adjacent to an activating group) is 2. The first-order valence-electron chi connectivity index (χ1n) is 10.3. The number of nitriles is 1. The Morgan fingerprint density at radius 1 is 1.18 bits per heavy atom. The van der Waals surface area contributed by atoms with E-state index in [-0.39, 0.29) is 0 Å². The lowest BCUT2D eigenvalue weighted by Gasteiger charge is -2.29. The molecule has 146 valence electrons. The third kappa shape index (κ3) is 4.46. The van der Waals surface area contributed by atoms with Crippen LogP contribution in [-0.2, 0) is 6.42 Å². The quantitative estimate of drug-likeness (QED) is 0.697. The van der Waals surface area contributed by atoms with Crippen molar-refractivity contribution < 1.29 is 0 Å². The van der Waals surface area contributed by atoms with Crippen molar-refractivity contribution >= 4 is 0 Å². The van der Waals surface area contributed by atoms with Crippen molar-refractivity contribution in [1.29, 1.82) is 5.26 Å². The van der Waals surface area contributed by atoms with Gasteiger partial charge in [0.25, 0.3) is 0 Å². The Bertz CT molecular complexity index is 869. The van der Waals surface area contributed by atoms with Crippen molar-refractivity contribution in [2.45, 2.75) is 51.6 Å². The second-order valence-corrected chi connectivity index (χ2v) is 7.72. The number of rotatable bonds is 8. The number of hydrogen-bond donors (Lipinski definition) is 1. The molecule has 1 unspecified atom stereocenters. The van der Waals surface area contributed by atoms with Gasteiger partial charge < -0.3 is 5.32 Å². The van der Waals surface area contributed by atoms with Gasteiger partial charge in [0.05, 0.1) is 11.6 Å². The van der Waals surface area contributed by atoms with Crippen LogP contribution in [0, 0.1) is 11.3 Å². The van der Waals surface area contributed by atoms with Crippen LogP contribution in [0.4, 0.5) is 0 Å².